The number of hydrogen-bond acceptors (Lipinski definition) is 5. The Kier molecular flexibility index (Phi) is 2.97. The van der Waals surface area contributed by atoms with Crippen molar-refractivity contribution in [3.63, 3.8) is 0 Å². The zero-order chi connectivity index (χ0) is 11.9. The SMILES string of the molecule is Nc1nc(P(=O)(O)O)cc(P(=O)(O)O)n1. The summed E-state index contributed by atoms with van der Waals surface area (Å²) in [5.41, 5.74) is 3.39. The van der Waals surface area contributed by atoms with Gasteiger partial charge >= 0.3 is 15.2 Å². The molecular weight excluding hydrogens is 248 g/mol. The quantitative estimate of drug-likeness (QED) is 0.364. The number of aromatic nitrogens is 2. The molecule has 0 amide bonds. The summed E-state index contributed by atoms with van der Waals surface area (Å²) < 4.78 is 21.5. The normalized spacial score (nSPS) is 12.8. The fraction of sp³-hybridized carbons (Fsp3) is 0. The third kappa shape index (κ3) is 3.07. The monoisotopic (exact) mass is 255 g/mol. The Morgan fingerprint density at radius 2 is 1.33 bits per heavy atom. The third-order valence-corrected chi connectivity index (χ3v) is 2.97. The fourth-order valence-corrected chi connectivity index (χ4v) is 1.89. The molecule has 0 unspecified atom stereocenters. The molecule has 0 saturated heterocycles. The van der Waals surface area contributed by atoms with Crippen LogP contribution in [0.4, 0.5) is 5.95 Å². The van der Waals surface area contributed by atoms with Crippen molar-refractivity contribution in [2.45, 2.75) is 0 Å². The number of rotatable bonds is 2. The molecule has 11 heteroatoms. The smallest absolute Gasteiger partial charge is 0.368 e. The molecule has 84 valence electrons. The standard InChI is InChI=1S/C4H7N3O6P2/c5-4-6-2(14(8,9)10)1-3(7-4)15(11,12)13/h1H,(H2,5,6,7)(H2,8,9,10)(H2,11,12,13). The van der Waals surface area contributed by atoms with Gasteiger partial charge in [-0.15, -0.1) is 0 Å². The molecule has 1 heterocycles. The Morgan fingerprint density at radius 1 is 1.00 bits per heavy atom. The van der Waals surface area contributed by atoms with E-state index < -0.39 is 32.0 Å². The van der Waals surface area contributed by atoms with Crippen LogP contribution in [0.5, 0.6) is 0 Å². The van der Waals surface area contributed by atoms with Gasteiger partial charge in [-0.05, 0) is 0 Å². The second kappa shape index (κ2) is 3.64. The highest BCUT2D eigenvalue weighted by molar-refractivity contribution is 7.61. The van der Waals surface area contributed by atoms with Crippen LogP contribution in [0.3, 0.4) is 0 Å². The van der Waals surface area contributed by atoms with Crippen molar-refractivity contribution in [3.8, 4) is 0 Å². The zero-order valence-electron chi connectivity index (χ0n) is 7.05. The highest BCUT2D eigenvalue weighted by Gasteiger charge is 2.27. The Hall–Kier alpha value is -0.820. The van der Waals surface area contributed by atoms with E-state index in [0.717, 1.165) is 0 Å². The molecule has 0 radical (unpaired) electrons. The molecule has 0 bridgehead atoms. The van der Waals surface area contributed by atoms with E-state index in [1.54, 1.807) is 0 Å². The average molecular weight is 255 g/mol. The summed E-state index contributed by atoms with van der Waals surface area (Å²) in [5, 5.41) is 0. The Balaban J connectivity index is 3.43. The van der Waals surface area contributed by atoms with Crippen LogP contribution in [-0.4, -0.2) is 29.5 Å². The molecule has 0 saturated carbocycles. The van der Waals surface area contributed by atoms with Crippen molar-refractivity contribution in [2.75, 3.05) is 5.73 Å². The number of nitrogen functional groups attached to an aromatic ring is 1. The minimum atomic E-state index is -4.72. The third-order valence-electron chi connectivity index (χ3n) is 1.31. The maximum atomic E-state index is 10.8. The highest BCUT2D eigenvalue weighted by atomic mass is 31.2. The lowest BCUT2D eigenvalue weighted by Crippen LogP contribution is -2.22. The van der Waals surface area contributed by atoms with Gasteiger partial charge in [0.25, 0.3) is 0 Å². The van der Waals surface area contributed by atoms with Gasteiger partial charge in [0.2, 0.25) is 5.95 Å². The van der Waals surface area contributed by atoms with Gasteiger partial charge in [0, 0.05) is 6.07 Å². The van der Waals surface area contributed by atoms with Gasteiger partial charge < -0.3 is 25.3 Å². The number of nitrogens with zero attached hydrogens (tertiary/aromatic N) is 2. The molecule has 1 aromatic heterocycles. The van der Waals surface area contributed by atoms with Gasteiger partial charge in [-0.25, -0.2) is 9.97 Å². The molecule has 6 N–H and O–H groups in total. The minimum absolute atomic E-state index is 0.526. The van der Waals surface area contributed by atoms with Crippen LogP contribution in [0.1, 0.15) is 0 Å². The molecule has 0 spiro atoms. The first-order valence-electron chi connectivity index (χ1n) is 3.37. The van der Waals surface area contributed by atoms with Crippen molar-refractivity contribution in [1.82, 2.24) is 9.97 Å². The van der Waals surface area contributed by atoms with E-state index in [2.05, 4.69) is 9.97 Å². The van der Waals surface area contributed by atoms with E-state index >= 15 is 0 Å². The Labute approximate surface area is 83.3 Å². The van der Waals surface area contributed by atoms with Gasteiger partial charge in [0.1, 0.15) is 0 Å². The van der Waals surface area contributed by atoms with E-state index in [4.69, 9.17) is 25.3 Å². The van der Waals surface area contributed by atoms with Crippen molar-refractivity contribution in [3.05, 3.63) is 6.07 Å². The second-order valence-electron chi connectivity index (χ2n) is 2.53. The van der Waals surface area contributed by atoms with Crippen LogP contribution < -0.4 is 16.6 Å². The molecule has 0 aliphatic heterocycles. The van der Waals surface area contributed by atoms with Gasteiger partial charge in [0.05, 0.1) is 0 Å². The van der Waals surface area contributed by atoms with Crippen LogP contribution in [0.15, 0.2) is 6.07 Å². The fourth-order valence-electron chi connectivity index (χ4n) is 0.738. The molecule has 15 heavy (non-hydrogen) atoms. The minimum Gasteiger partial charge on any atom is -0.368 e. The molecule has 9 nitrogen and oxygen atoms in total. The molecular formula is C4H7N3O6P2. The number of anilines is 1. The Bertz CT molecular complexity index is 437. The summed E-state index contributed by atoms with van der Waals surface area (Å²) in [5.74, 6) is -0.617. The largest absolute Gasteiger partial charge is 0.374 e. The topological polar surface area (TPSA) is 167 Å². The van der Waals surface area contributed by atoms with Crippen molar-refractivity contribution in [2.24, 2.45) is 0 Å². The van der Waals surface area contributed by atoms with Crippen molar-refractivity contribution < 1.29 is 28.7 Å². The van der Waals surface area contributed by atoms with Gasteiger partial charge in [-0.1, -0.05) is 0 Å². The summed E-state index contributed by atoms with van der Waals surface area (Å²) in [6.07, 6.45) is 0. The van der Waals surface area contributed by atoms with Gasteiger partial charge in [0.15, 0.2) is 10.9 Å². The molecule has 1 aromatic rings. The van der Waals surface area contributed by atoms with Crippen LogP contribution in [-0.2, 0) is 9.13 Å². The predicted molar refractivity (Wildman–Crippen MR) is 49.8 cm³/mol. The van der Waals surface area contributed by atoms with E-state index in [0.29, 0.717) is 6.07 Å². The molecule has 0 atom stereocenters. The van der Waals surface area contributed by atoms with Crippen molar-refractivity contribution in [1.29, 1.82) is 0 Å². The zero-order valence-corrected chi connectivity index (χ0v) is 8.84. The molecule has 0 aliphatic rings. The molecule has 0 aromatic carbocycles. The molecule has 0 aliphatic carbocycles. The summed E-state index contributed by atoms with van der Waals surface area (Å²) in [6.45, 7) is 0. The van der Waals surface area contributed by atoms with Crippen LogP contribution >= 0.6 is 15.2 Å². The lowest BCUT2D eigenvalue weighted by Gasteiger charge is -2.07. The predicted octanol–water partition coefficient (Wildman–Crippen LogP) is -2.34. The maximum Gasteiger partial charge on any atom is 0.374 e. The first-order chi connectivity index (χ1) is 6.60. The van der Waals surface area contributed by atoms with E-state index in [1.807, 2.05) is 0 Å². The first kappa shape index (κ1) is 12.3. The van der Waals surface area contributed by atoms with Crippen LogP contribution in [0, 0.1) is 0 Å². The maximum absolute atomic E-state index is 10.8. The molecule has 1 rings (SSSR count). The second-order valence-corrected chi connectivity index (χ2v) is 5.62. The lowest BCUT2D eigenvalue weighted by atomic mass is 10.7. The van der Waals surface area contributed by atoms with Gasteiger partial charge in [-0.3, -0.25) is 9.13 Å². The first-order valence-corrected chi connectivity index (χ1v) is 6.60. The van der Waals surface area contributed by atoms with Gasteiger partial charge in [-0.2, -0.15) is 0 Å². The average Bonchev–Trinajstić information content (AvgIpc) is 1.99. The summed E-state index contributed by atoms with van der Waals surface area (Å²) in [4.78, 5) is 41.2. The van der Waals surface area contributed by atoms with E-state index in [9.17, 15) is 9.13 Å². The van der Waals surface area contributed by atoms with Crippen molar-refractivity contribution >= 4 is 32.0 Å². The summed E-state index contributed by atoms with van der Waals surface area (Å²) in [7, 11) is -9.43. The number of hydrogen-bond donors (Lipinski definition) is 5. The van der Waals surface area contributed by atoms with E-state index in [-0.39, 0.29) is 0 Å². The summed E-state index contributed by atoms with van der Waals surface area (Å²) >= 11 is 0. The summed E-state index contributed by atoms with van der Waals surface area (Å²) in [6, 6.07) is 0.526. The molecule has 0 fully saturated rings. The highest BCUT2D eigenvalue weighted by Crippen LogP contribution is 2.35. The van der Waals surface area contributed by atoms with Crippen LogP contribution in [0.25, 0.3) is 0 Å². The van der Waals surface area contributed by atoms with E-state index in [1.165, 1.54) is 0 Å². The number of nitrogens with two attached hydrogens (primary N) is 1. The van der Waals surface area contributed by atoms with Crippen LogP contribution in [0.2, 0.25) is 0 Å². The Morgan fingerprint density at radius 3 is 1.60 bits per heavy atom. The lowest BCUT2D eigenvalue weighted by molar-refractivity contribution is 0.386.